The molecular formula is C10H11ClF4N2O2S. The number of hydrogen-bond donors (Lipinski definition) is 1. The number of hydrogen-bond acceptors (Lipinski definition) is 3. The molecule has 0 aliphatic heterocycles. The van der Waals surface area contributed by atoms with Crippen molar-refractivity contribution in [3.05, 3.63) is 23.0 Å². The number of nitrogen functional groups attached to an aromatic ring is 1. The Morgan fingerprint density at radius 1 is 1.35 bits per heavy atom. The molecular weight excluding hydrogens is 324 g/mol. The third kappa shape index (κ3) is 3.97. The zero-order valence-electron chi connectivity index (χ0n) is 10.2. The van der Waals surface area contributed by atoms with E-state index in [1.54, 1.807) is 0 Å². The van der Waals surface area contributed by atoms with Gasteiger partial charge < -0.3 is 5.73 Å². The van der Waals surface area contributed by atoms with E-state index in [1.165, 1.54) is 0 Å². The molecule has 0 spiro atoms. The van der Waals surface area contributed by atoms with Gasteiger partial charge in [0.25, 0.3) is 0 Å². The highest BCUT2D eigenvalue weighted by molar-refractivity contribution is 7.89. The average Bonchev–Trinajstić information content (AvgIpc) is 2.29. The normalized spacial score (nSPS) is 12.9. The molecule has 0 fully saturated rings. The first-order valence-electron chi connectivity index (χ1n) is 5.23. The Balaban J connectivity index is 3.11. The van der Waals surface area contributed by atoms with Crippen LogP contribution in [0.3, 0.4) is 0 Å². The van der Waals surface area contributed by atoms with E-state index in [9.17, 15) is 26.0 Å². The third-order valence-electron chi connectivity index (χ3n) is 2.43. The molecule has 0 aliphatic carbocycles. The van der Waals surface area contributed by atoms with Gasteiger partial charge in [0.2, 0.25) is 10.0 Å². The van der Waals surface area contributed by atoms with Gasteiger partial charge in [-0.05, 0) is 12.1 Å². The van der Waals surface area contributed by atoms with Crippen molar-refractivity contribution in [1.29, 1.82) is 0 Å². The highest BCUT2D eigenvalue weighted by atomic mass is 35.5. The maximum Gasteiger partial charge on any atom is 0.390 e. The van der Waals surface area contributed by atoms with E-state index in [-0.39, 0.29) is 5.02 Å². The SMILES string of the molecule is CN(CCC(F)(F)F)S(=O)(=O)c1cc(Cl)cc(N)c1F. The van der Waals surface area contributed by atoms with Crippen molar-refractivity contribution in [3.63, 3.8) is 0 Å². The lowest BCUT2D eigenvalue weighted by molar-refractivity contribution is -0.135. The summed E-state index contributed by atoms with van der Waals surface area (Å²) in [5.74, 6) is -1.24. The molecule has 0 heterocycles. The van der Waals surface area contributed by atoms with E-state index in [1.807, 2.05) is 0 Å². The van der Waals surface area contributed by atoms with Crippen LogP contribution in [0.1, 0.15) is 6.42 Å². The Hall–Kier alpha value is -1.06. The van der Waals surface area contributed by atoms with Gasteiger partial charge >= 0.3 is 6.18 Å². The number of benzene rings is 1. The van der Waals surface area contributed by atoms with Gasteiger partial charge in [-0.2, -0.15) is 13.2 Å². The van der Waals surface area contributed by atoms with E-state index in [4.69, 9.17) is 17.3 Å². The standard InChI is InChI=1S/C10H11ClF4N2O2S/c1-17(3-2-10(13,14)15)20(18,19)8-5-6(11)4-7(16)9(8)12/h4-5H,2-3,16H2,1H3. The molecule has 0 aromatic heterocycles. The fourth-order valence-electron chi connectivity index (χ4n) is 1.34. The van der Waals surface area contributed by atoms with Crippen LogP contribution in [0, 0.1) is 5.82 Å². The molecule has 2 N–H and O–H groups in total. The Kier molecular flexibility index (Phi) is 4.88. The maximum absolute atomic E-state index is 13.7. The average molecular weight is 335 g/mol. The summed E-state index contributed by atoms with van der Waals surface area (Å²) in [6.07, 6.45) is -5.86. The minimum Gasteiger partial charge on any atom is -0.396 e. The predicted molar refractivity (Wildman–Crippen MR) is 66.3 cm³/mol. The Morgan fingerprint density at radius 2 is 1.90 bits per heavy atom. The second-order valence-electron chi connectivity index (χ2n) is 4.00. The Bertz CT molecular complexity index is 604. The number of nitrogens with two attached hydrogens (primary N) is 1. The zero-order chi connectivity index (χ0) is 15.7. The fourth-order valence-corrected chi connectivity index (χ4v) is 2.92. The van der Waals surface area contributed by atoms with Crippen LogP contribution in [0.25, 0.3) is 0 Å². The largest absolute Gasteiger partial charge is 0.396 e. The van der Waals surface area contributed by atoms with E-state index in [0.717, 1.165) is 19.2 Å². The minimum atomic E-state index is -4.52. The van der Waals surface area contributed by atoms with Gasteiger partial charge in [-0.3, -0.25) is 0 Å². The topological polar surface area (TPSA) is 63.4 Å². The highest BCUT2D eigenvalue weighted by Crippen LogP contribution is 2.28. The summed E-state index contributed by atoms with van der Waals surface area (Å²) in [7, 11) is -3.53. The second-order valence-corrected chi connectivity index (χ2v) is 6.45. The van der Waals surface area contributed by atoms with Crippen molar-refractivity contribution in [1.82, 2.24) is 4.31 Å². The summed E-state index contributed by atoms with van der Waals surface area (Å²) in [5, 5.41) is -0.133. The first kappa shape index (κ1) is 17.0. The molecule has 0 saturated carbocycles. The van der Waals surface area contributed by atoms with Crippen molar-refractivity contribution in [3.8, 4) is 0 Å². The zero-order valence-corrected chi connectivity index (χ0v) is 11.8. The first-order valence-corrected chi connectivity index (χ1v) is 7.04. The smallest absolute Gasteiger partial charge is 0.390 e. The van der Waals surface area contributed by atoms with Crippen molar-refractivity contribution in [2.75, 3.05) is 19.3 Å². The van der Waals surface area contributed by atoms with Crippen molar-refractivity contribution < 1.29 is 26.0 Å². The summed E-state index contributed by atoms with van der Waals surface area (Å²) in [6, 6.07) is 1.80. The van der Waals surface area contributed by atoms with Gasteiger partial charge in [-0.15, -0.1) is 0 Å². The van der Waals surface area contributed by atoms with Crippen LogP contribution in [0.4, 0.5) is 23.2 Å². The number of alkyl halides is 3. The lowest BCUT2D eigenvalue weighted by Crippen LogP contribution is -2.31. The second kappa shape index (κ2) is 5.74. The van der Waals surface area contributed by atoms with Crippen LogP contribution >= 0.6 is 11.6 Å². The number of rotatable bonds is 4. The van der Waals surface area contributed by atoms with Crippen LogP contribution in [-0.4, -0.2) is 32.5 Å². The predicted octanol–water partition coefficient (Wildman–Crippen LogP) is 2.63. The van der Waals surface area contributed by atoms with Crippen molar-refractivity contribution in [2.24, 2.45) is 0 Å². The number of nitrogens with zero attached hydrogens (tertiary/aromatic N) is 1. The molecule has 0 bridgehead atoms. The van der Waals surface area contributed by atoms with E-state index < -0.39 is 45.6 Å². The van der Waals surface area contributed by atoms with E-state index >= 15 is 0 Å². The lowest BCUT2D eigenvalue weighted by atomic mass is 10.3. The van der Waals surface area contributed by atoms with Crippen LogP contribution in [0.5, 0.6) is 0 Å². The molecule has 1 aromatic rings. The Morgan fingerprint density at radius 3 is 2.40 bits per heavy atom. The van der Waals surface area contributed by atoms with Gasteiger partial charge in [0.1, 0.15) is 4.90 Å². The van der Waals surface area contributed by atoms with Gasteiger partial charge in [0.05, 0.1) is 12.1 Å². The van der Waals surface area contributed by atoms with Crippen LogP contribution in [-0.2, 0) is 10.0 Å². The summed E-state index contributed by atoms with van der Waals surface area (Å²) in [4.78, 5) is -0.854. The molecule has 20 heavy (non-hydrogen) atoms. The van der Waals surface area contributed by atoms with E-state index in [2.05, 4.69) is 0 Å². The molecule has 0 unspecified atom stereocenters. The van der Waals surface area contributed by atoms with Gasteiger partial charge in [-0.25, -0.2) is 17.1 Å². The molecule has 0 atom stereocenters. The molecule has 0 saturated heterocycles. The molecule has 1 aromatic carbocycles. The molecule has 1 rings (SSSR count). The summed E-state index contributed by atoms with van der Waals surface area (Å²) < 4.78 is 74.3. The number of sulfonamides is 1. The molecule has 114 valence electrons. The summed E-state index contributed by atoms with van der Waals surface area (Å²) >= 11 is 5.57. The van der Waals surface area contributed by atoms with Gasteiger partial charge in [0, 0.05) is 18.6 Å². The lowest BCUT2D eigenvalue weighted by Gasteiger charge is -2.19. The van der Waals surface area contributed by atoms with Crippen LogP contribution < -0.4 is 5.73 Å². The first-order chi connectivity index (χ1) is 8.95. The van der Waals surface area contributed by atoms with Gasteiger partial charge in [0.15, 0.2) is 5.82 Å². The number of anilines is 1. The summed E-state index contributed by atoms with van der Waals surface area (Å²) in [6.45, 7) is -0.836. The Labute approximate surface area is 118 Å². The van der Waals surface area contributed by atoms with Crippen molar-refractivity contribution in [2.45, 2.75) is 17.5 Å². The van der Waals surface area contributed by atoms with E-state index in [0.29, 0.717) is 4.31 Å². The molecule has 4 nitrogen and oxygen atoms in total. The van der Waals surface area contributed by atoms with Crippen LogP contribution in [0.2, 0.25) is 5.02 Å². The highest BCUT2D eigenvalue weighted by Gasteiger charge is 2.32. The van der Waals surface area contributed by atoms with Crippen LogP contribution in [0.15, 0.2) is 17.0 Å². The molecule has 0 amide bonds. The fraction of sp³-hybridized carbons (Fsp3) is 0.400. The molecule has 0 aliphatic rings. The molecule has 10 heteroatoms. The minimum absolute atomic E-state index is 0.133. The summed E-state index contributed by atoms with van der Waals surface area (Å²) in [5.41, 5.74) is 4.74. The molecule has 0 radical (unpaired) electrons. The monoisotopic (exact) mass is 334 g/mol. The number of halogens is 5. The maximum atomic E-state index is 13.7. The quantitative estimate of drug-likeness (QED) is 0.680. The third-order valence-corrected chi connectivity index (χ3v) is 4.50. The van der Waals surface area contributed by atoms with Gasteiger partial charge in [-0.1, -0.05) is 11.6 Å². The van der Waals surface area contributed by atoms with Crippen molar-refractivity contribution >= 4 is 27.3 Å².